The third kappa shape index (κ3) is 5.20. The first-order chi connectivity index (χ1) is 10.9. The molecule has 0 spiro atoms. The summed E-state index contributed by atoms with van der Waals surface area (Å²) in [4.78, 5) is 7.09. The van der Waals surface area contributed by atoms with Crippen LogP contribution in [0.25, 0.3) is 0 Å². The number of nitrogens with zero attached hydrogens (tertiary/aromatic N) is 2. The van der Waals surface area contributed by atoms with Crippen molar-refractivity contribution in [2.45, 2.75) is 46.1 Å². The van der Waals surface area contributed by atoms with Gasteiger partial charge in [-0.15, -0.1) is 0 Å². The van der Waals surface area contributed by atoms with Crippen LogP contribution >= 0.6 is 0 Å². The molecule has 0 aliphatic carbocycles. The van der Waals surface area contributed by atoms with Crippen LogP contribution in [0.3, 0.4) is 0 Å². The second-order valence-electron chi connectivity index (χ2n) is 7.18. The smallest absolute Gasteiger partial charge is 0.198 e. The van der Waals surface area contributed by atoms with E-state index in [0.29, 0.717) is 19.1 Å². The van der Waals surface area contributed by atoms with E-state index in [-0.39, 0.29) is 11.2 Å². The largest absolute Gasteiger partial charge is 0.340 e. The van der Waals surface area contributed by atoms with Gasteiger partial charge in [0.15, 0.2) is 5.96 Å². The maximum absolute atomic E-state index is 13.5. The normalized spacial score (nSPS) is 19.8. The van der Waals surface area contributed by atoms with Crippen LogP contribution in [0, 0.1) is 11.2 Å². The highest BCUT2D eigenvalue weighted by Crippen LogP contribution is 2.20. The second kappa shape index (κ2) is 7.77. The van der Waals surface area contributed by atoms with Crippen LogP contribution in [0.15, 0.2) is 29.3 Å². The topological polar surface area (TPSA) is 53.6 Å². The molecule has 4 nitrogen and oxygen atoms in total. The van der Waals surface area contributed by atoms with Gasteiger partial charge in [0.1, 0.15) is 5.82 Å². The van der Waals surface area contributed by atoms with Crippen LogP contribution < -0.4 is 11.1 Å². The van der Waals surface area contributed by atoms with Crippen molar-refractivity contribution in [2.75, 3.05) is 25.0 Å². The van der Waals surface area contributed by atoms with Gasteiger partial charge in [0.05, 0.1) is 0 Å². The first kappa shape index (κ1) is 17.7. The zero-order valence-electron chi connectivity index (χ0n) is 14.5. The number of hydrogen-bond acceptors (Lipinski definition) is 2. The molecule has 1 aromatic rings. The van der Waals surface area contributed by atoms with Crippen LogP contribution in [0.4, 0.5) is 10.1 Å². The number of anilines is 1. The number of halogens is 1. The van der Waals surface area contributed by atoms with Gasteiger partial charge >= 0.3 is 0 Å². The Balaban J connectivity index is 2.21. The molecule has 1 unspecified atom stereocenters. The van der Waals surface area contributed by atoms with E-state index in [0.717, 1.165) is 31.0 Å². The summed E-state index contributed by atoms with van der Waals surface area (Å²) in [7, 11) is 0. The van der Waals surface area contributed by atoms with Gasteiger partial charge in [0, 0.05) is 24.8 Å². The molecule has 0 radical (unpaired) electrons. The molecule has 3 N–H and O–H groups in total. The number of likely N-dealkylation sites (tertiary alicyclic amines) is 1. The third-order valence-electron chi connectivity index (χ3n) is 4.37. The highest BCUT2D eigenvalue weighted by molar-refractivity contribution is 5.94. The lowest BCUT2D eigenvalue weighted by atomic mass is 9.94. The molecule has 0 amide bonds. The first-order valence-electron chi connectivity index (χ1n) is 8.45. The van der Waals surface area contributed by atoms with Crippen LogP contribution in [0.2, 0.25) is 0 Å². The number of benzene rings is 1. The molecule has 0 bridgehead atoms. The van der Waals surface area contributed by atoms with E-state index in [1.54, 1.807) is 6.07 Å². The second-order valence-corrected chi connectivity index (χ2v) is 7.18. The van der Waals surface area contributed by atoms with Crippen molar-refractivity contribution < 1.29 is 4.39 Å². The fraction of sp³-hybridized carbons (Fsp3) is 0.611. The van der Waals surface area contributed by atoms with Gasteiger partial charge < -0.3 is 16.0 Å². The molecule has 1 aliphatic heterocycles. The van der Waals surface area contributed by atoms with E-state index in [4.69, 9.17) is 10.7 Å². The Hall–Kier alpha value is -1.62. The van der Waals surface area contributed by atoms with Gasteiger partial charge in [0.2, 0.25) is 0 Å². The van der Waals surface area contributed by atoms with Gasteiger partial charge in [-0.05, 0) is 56.3 Å². The summed E-state index contributed by atoms with van der Waals surface area (Å²) in [6, 6.07) is 6.95. The average molecular weight is 320 g/mol. The first-order valence-corrected chi connectivity index (χ1v) is 8.45. The Morgan fingerprint density at radius 3 is 2.87 bits per heavy atom. The SMILES string of the molecule is CC1CCCCN1C(=NCC(C)(C)CN)Nc1cccc(F)c1. The number of aliphatic imine (C=N–C) groups is 1. The van der Waals surface area contributed by atoms with E-state index in [1.807, 2.05) is 6.07 Å². The molecule has 5 heteroatoms. The van der Waals surface area contributed by atoms with E-state index in [1.165, 1.54) is 18.6 Å². The van der Waals surface area contributed by atoms with Gasteiger partial charge in [0.25, 0.3) is 0 Å². The van der Waals surface area contributed by atoms with Gasteiger partial charge in [-0.2, -0.15) is 0 Å². The predicted molar refractivity (Wildman–Crippen MR) is 95.2 cm³/mol. The number of hydrogen-bond donors (Lipinski definition) is 2. The molecule has 0 aromatic heterocycles. The molecular formula is C18H29FN4. The monoisotopic (exact) mass is 320 g/mol. The van der Waals surface area contributed by atoms with Crippen LogP contribution in [-0.2, 0) is 0 Å². The number of nitrogens with one attached hydrogen (secondary N) is 1. The van der Waals surface area contributed by atoms with E-state index in [9.17, 15) is 4.39 Å². The lowest BCUT2D eigenvalue weighted by Crippen LogP contribution is -2.46. The highest BCUT2D eigenvalue weighted by Gasteiger charge is 2.23. The third-order valence-corrected chi connectivity index (χ3v) is 4.37. The lowest BCUT2D eigenvalue weighted by molar-refractivity contribution is 0.255. The zero-order valence-corrected chi connectivity index (χ0v) is 14.5. The summed E-state index contributed by atoms with van der Waals surface area (Å²) in [5, 5.41) is 3.31. The standard InChI is InChI=1S/C18H29FN4/c1-14-7-4-5-10-23(14)17(21-13-18(2,3)12-20)22-16-9-6-8-15(19)11-16/h6,8-9,11,14H,4-5,7,10,12-13,20H2,1-3H3,(H,21,22). The van der Waals surface area contributed by atoms with Crippen LogP contribution in [0.5, 0.6) is 0 Å². The number of guanidine groups is 1. The lowest BCUT2D eigenvalue weighted by Gasteiger charge is -2.36. The number of rotatable bonds is 4. The minimum atomic E-state index is -0.247. The molecule has 1 aromatic carbocycles. The fourth-order valence-corrected chi connectivity index (χ4v) is 2.66. The summed E-state index contributed by atoms with van der Waals surface area (Å²) in [5.41, 5.74) is 6.50. The minimum absolute atomic E-state index is 0.0477. The van der Waals surface area contributed by atoms with Crippen molar-refractivity contribution in [2.24, 2.45) is 16.1 Å². The predicted octanol–water partition coefficient (Wildman–Crippen LogP) is 3.45. The summed E-state index contributed by atoms with van der Waals surface area (Å²) < 4.78 is 13.5. The molecule has 1 atom stereocenters. The Morgan fingerprint density at radius 1 is 1.43 bits per heavy atom. The molecule has 2 rings (SSSR count). The molecule has 23 heavy (non-hydrogen) atoms. The molecule has 1 fully saturated rings. The fourth-order valence-electron chi connectivity index (χ4n) is 2.66. The Morgan fingerprint density at radius 2 is 2.22 bits per heavy atom. The maximum atomic E-state index is 13.5. The van der Waals surface area contributed by atoms with Gasteiger partial charge in [-0.1, -0.05) is 19.9 Å². The summed E-state index contributed by atoms with van der Waals surface area (Å²) in [6.45, 7) is 8.64. The molecular weight excluding hydrogens is 291 g/mol. The number of nitrogens with two attached hydrogens (primary N) is 1. The molecule has 0 saturated carbocycles. The van der Waals surface area contributed by atoms with Crippen molar-refractivity contribution in [3.63, 3.8) is 0 Å². The highest BCUT2D eigenvalue weighted by atomic mass is 19.1. The molecule has 1 heterocycles. The summed E-state index contributed by atoms with van der Waals surface area (Å²) in [6.07, 6.45) is 3.57. The molecule has 1 saturated heterocycles. The quantitative estimate of drug-likeness (QED) is 0.660. The van der Waals surface area contributed by atoms with E-state index in [2.05, 4.69) is 31.0 Å². The maximum Gasteiger partial charge on any atom is 0.198 e. The Labute approximate surface area is 139 Å². The van der Waals surface area contributed by atoms with Crippen molar-refractivity contribution in [3.8, 4) is 0 Å². The van der Waals surface area contributed by atoms with Crippen molar-refractivity contribution in [1.82, 2.24) is 4.90 Å². The van der Waals surface area contributed by atoms with Crippen molar-refractivity contribution in [1.29, 1.82) is 0 Å². The van der Waals surface area contributed by atoms with E-state index >= 15 is 0 Å². The van der Waals surface area contributed by atoms with Gasteiger partial charge in [-0.3, -0.25) is 4.99 Å². The molecule has 128 valence electrons. The number of piperidine rings is 1. The Bertz CT molecular complexity index is 542. The van der Waals surface area contributed by atoms with E-state index < -0.39 is 0 Å². The van der Waals surface area contributed by atoms with Crippen molar-refractivity contribution >= 4 is 11.6 Å². The summed E-state index contributed by atoms with van der Waals surface area (Å²) in [5.74, 6) is 0.577. The van der Waals surface area contributed by atoms with Gasteiger partial charge in [-0.25, -0.2) is 4.39 Å². The molecule has 1 aliphatic rings. The van der Waals surface area contributed by atoms with Crippen molar-refractivity contribution in [3.05, 3.63) is 30.1 Å². The van der Waals surface area contributed by atoms with Crippen LogP contribution in [0.1, 0.15) is 40.0 Å². The zero-order chi connectivity index (χ0) is 16.9. The van der Waals surface area contributed by atoms with Crippen LogP contribution in [-0.4, -0.2) is 36.5 Å². The Kier molecular flexibility index (Phi) is 5.99. The average Bonchev–Trinajstić information content (AvgIpc) is 2.52. The summed E-state index contributed by atoms with van der Waals surface area (Å²) >= 11 is 0. The minimum Gasteiger partial charge on any atom is -0.340 e.